The predicted octanol–water partition coefficient (Wildman–Crippen LogP) is 1.85. The molecule has 0 radical (unpaired) electrons. The van der Waals surface area contributed by atoms with Gasteiger partial charge in [-0.25, -0.2) is 4.79 Å². The van der Waals surface area contributed by atoms with Crippen molar-refractivity contribution in [3.8, 4) is 0 Å². The van der Waals surface area contributed by atoms with Crippen LogP contribution in [0.5, 0.6) is 0 Å². The molecular weight excluding hydrogens is 310 g/mol. The van der Waals surface area contributed by atoms with Gasteiger partial charge in [0.15, 0.2) is 0 Å². The largest absolute Gasteiger partial charge is 0.444 e. The number of anilines is 1. The first kappa shape index (κ1) is 19.8. The van der Waals surface area contributed by atoms with Crippen LogP contribution in [0.2, 0.25) is 0 Å². The van der Waals surface area contributed by atoms with E-state index >= 15 is 0 Å². The summed E-state index contributed by atoms with van der Waals surface area (Å²) in [7, 11) is 0. The summed E-state index contributed by atoms with van der Waals surface area (Å²) in [6, 6.07) is 5.15. The van der Waals surface area contributed by atoms with E-state index in [1.54, 1.807) is 39.0 Å². The lowest BCUT2D eigenvalue weighted by Gasteiger charge is -2.19. The molecule has 0 heterocycles. The van der Waals surface area contributed by atoms with Crippen molar-refractivity contribution < 1.29 is 19.1 Å². The maximum atomic E-state index is 12.0. The topological polar surface area (TPSA) is 103 Å². The van der Waals surface area contributed by atoms with Crippen molar-refractivity contribution in [3.63, 3.8) is 0 Å². The quantitative estimate of drug-likeness (QED) is 0.520. The highest BCUT2D eigenvalue weighted by molar-refractivity contribution is 5.95. The van der Waals surface area contributed by atoms with Gasteiger partial charge in [-0.15, -0.1) is 0 Å². The highest BCUT2D eigenvalue weighted by Crippen LogP contribution is 2.12. The summed E-state index contributed by atoms with van der Waals surface area (Å²) in [6.07, 6.45) is -0.474. The monoisotopic (exact) mass is 337 g/mol. The molecule has 1 aromatic rings. The van der Waals surface area contributed by atoms with Crippen LogP contribution < -0.4 is 16.4 Å². The van der Waals surface area contributed by atoms with Crippen LogP contribution in [0, 0.1) is 6.92 Å². The van der Waals surface area contributed by atoms with E-state index in [0.29, 0.717) is 37.6 Å². The fourth-order valence-corrected chi connectivity index (χ4v) is 1.92. The maximum Gasteiger partial charge on any atom is 0.407 e. The molecule has 134 valence electrons. The second kappa shape index (κ2) is 9.12. The summed E-state index contributed by atoms with van der Waals surface area (Å²) in [5.41, 5.74) is 7.19. The van der Waals surface area contributed by atoms with E-state index in [1.807, 2.05) is 6.92 Å². The van der Waals surface area contributed by atoms with Gasteiger partial charge < -0.3 is 25.8 Å². The van der Waals surface area contributed by atoms with Crippen LogP contribution in [0.15, 0.2) is 18.2 Å². The summed E-state index contributed by atoms with van der Waals surface area (Å²) in [5, 5.41) is 5.37. The van der Waals surface area contributed by atoms with Gasteiger partial charge in [0, 0.05) is 24.3 Å². The number of amides is 2. The Morgan fingerprint density at radius 3 is 2.33 bits per heavy atom. The van der Waals surface area contributed by atoms with Crippen molar-refractivity contribution in [2.75, 3.05) is 32.0 Å². The van der Waals surface area contributed by atoms with Crippen LogP contribution in [-0.4, -0.2) is 43.9 Å². The molecule has 0 aliphatic carbocycles. The summed E-state index contributed by atoms with van der Waals surface area (Å²) >= 11 is 0. The lowest BCUT2D eigenvalue weighted by Crippen LogP contribution is -2.34. The summed E-state index contributed by atoms with van der Waals surface area (Å²) in [4.78, 5) is 23.4. The minimum atomic E-state index is -0.518. The zero-order valence-corrected chi connectivity index (χ0v) is 14.8. The third kappa shape index (κ3) is 7.82. The van der Waals surface area contributed by atoms with Gasteiger partial charge in [0.1, 0.15) is 5.60 Å². The number of hydrogen-bond donors (Lipinski definition) is 3. The van der Waals surface area contributed by atoms with Crippen LogP contribution in [-0.2, 0) is 9.47 Å². The number of nitrogens with one attached hydrogen (secondary N) is 2. The van der Waals surface area contributed by atoms with Gasteiger partial charge in [-0.2, -0.15) is 0 Å². The fraction of sp³-hybridized carbons (Fsp3) is 0.529. The van der Waals surface area contributed by atoms with Crippen molar-refractivity contribution in [1.82, 2.24) is 10.6 Å². The number of carbonyl (C=O) groups excluding carboxylic acids is 2. The molecule has 0 aliphatic rings. The third-order valence-electron chi connectivity index (χ3n) is 2.94. The predicted molar refractivity (Wildman–Crippen MR) is 93.0 cm³/mol. The number of carbonyl (C=O) groups is 2. The second-order valence-corrected chi connectivity index (χ2v) is 6.37. The molecule has 0 aliphatic heterocycles. The molecule has 0 aromatic heterocycles. The Morgan fingerprint density at radius 2 is 1.75 bits per heavy atom. The first-order valence-electron chi connectivity index (χ1n) is 7.88. The van der Waals surface area contributed by atoms with E-state index in [2.05, 4.69) is 10.6 Å². The van der Waals surface area contributed by atoms with Gasteiger partial charge in [0.2, 0.25) is 0 Å². The minimum absolute atomic E-state index is 0.164. The number of rotatable bonds is 7. The molecule has 0 fully saturated rings. The molecule has 4 N–H and O–H groups in total. The molecule has 7 nitrogen and oxygen atoms in total. The van der Waals surface area contributed by atoms with E-state index in [9.17, 15) is 9.59 Å². The molecular formula is C17H27N3O4. The summed E-state index contributed by atoms with van der Waals surface area (Å²) < 4.78 is 10.4. The van der Waals surface area contributed by atoms with Gasteiger partial charge in [-0.3, -0.25) is 4.79 Å². The fourth-order valence-electron chi connectivity index (χ4n) is 1.92. The molecule has 1 rings (SSSR count). The molecule has 0 atom stereocenters. The molecule has 1 aromatic carbocycles. The van der Waals surface area contributed by atoms with E-state index in [4.69, 9.17) is 15.2 Å². The van der Waals surface area contributed by atoms with Crippen molar-refractivity contribution >= 4 is 17.7 Å². The number of nitrogen functional groups attached to an aromatic ring is 1. The molecule has 2 amide bonds. The normalized spacial score (nSPS) is 11.0. The van der Waals surface area contributed by atoms with Crippen molar-refractivity contribution in [2.24, 2.45) is 0 Å². The zero-order valence-electron chi connectivity index (χ0n) is 14.8. The van der Waals surface area contributed by atoms with E-state index in [-0.39, 0.29) is 5.91 Å². The first-order valence-corrected chi connectivity index (χ1v) is 7.88. The molecule has 24 heavy (non-hydrogen) atoms. The summed E-state index contributed by atoms with van der Waals surface area (Å²) in [6.45, 7) is 8.67. The van der Waals surface area contributed by atoms with E-state index < -0.39 is 11.7 Å². The Kier molecular flexibility index (Phi) is 7.51. The molecule has 0 saturated carbocycles. The maximum absolute atomic E-state index is 12.0. The number of ether oxygens (including phenoxy) is 2. The Morgan fingerprint density at radius 1 is 1.12 bits per heavy atom. The minimum Gasteiger partial charge on any atom is -0.444 e. The Hall–Kier alpha value is -2.28. The third-order valence-corrected chi connectivity index (χ3v) is 2.94. The van der Waals surface area contributed by atoms with Gasteiger partial charge in [-0.05, 0) is 51.5 Å². The first-order chi connectivity index (χ1) is 11.2. The lowest BCUT2D eigenvalue weighted by molar-refractivity contribution is 0.0500. The Labute approximate surface area is 142 Å². The van der Waals surface area contributed by atoms with Crippen molar-refractivity contribution in [1.29, 1.82) is 0 Å². The van der Waals surface area contributed by atoms with Crippen LogP contribution in [0.3, 0.4) is 0 Å². The lowest BCUT2D eigenvalue weighted by atomic mass is 10.1. The molecule has 0 saturated heterocycles. The molecule has 7 heteroatoms. The number of hydrogen-bond acceptors (Lipinski definition) is 5. The van der Waals surface area contributed by atoms with Crippen LogP contribution in [0.4, 0.5) is 10.5 Å². The number of nitrogens with two attached hydrogens (primary N) is 1. The van der Waals surface area contributed by atoms with Gasteiger partial charge in [0.25, 0.3) is 5.91 Å². The average molecular weight is 337 g/mol. The van der Waals surface area contributed by atoms with Crippen LogP contribution in [0.1, 0.15) is 36.7 Å². The van der Waals surface area contributed by atoms with Gasteiger partial charge in [-0.1, -0.05) is 0 Å². The van der Waals surface area contributed by atoms with Gasteiger partial charge in [0.05, 0.1) is 13.2 Å². The number of alkyl carbamates (subject to hydrolysis) is 1. The smallest absolute Gasteiger partial charge is 0.407 e. The highest BCUT2D eigenvalue weighted by Gasteiger charge is 2.15. The Balaban J connectivity index is 2.14. The SMILES string of the molecule is Cc1cc(N)ccc1C(=O)NCCOCCNC(=O)OC(C)(C)C. The van der Waals surface area contributed by atoms with E-state index in [1.165, 1.54) is 0 Å². The number of benzene rings is 1. The zero-order chi connectivity index (χ0) is 18.2. The second-order valence-electron chi connectivity index (χ2n) is 6.37. The average Bonchev–Trinajstić information content (AvgIpc) is 2.44. The number of aryl methyl sites for hydroxylation is 1. The van der Waals surface area contributed by atoms with Crippen LogP contribution >= 0.6 is 0 Å². The molecule has 0 bridgehead atoms. The highest BCUT2D eigenvalue weighted by atomic mass is 16.6. The van der Waals surface area contributed by atoms with Crippen molar-refractivity contribution in [2.45, 2.75) is 33.3 Å². The molecule has 0 spiro atoms. The standard InChI is InChI=1S/C17H27N3O4/c1-12-11-13(18)5-6-14(12)15(21)19-7-9-23-10-8-20-16(22)24-17(2,3)4/h5-6,11H,7-10,18H2,1-4H3,(H,19,21)(H,20,22). The summed E-state index contributed by atoms with van der Waals surface area (Å²) in [5.74, 6) is -0.164. The van der Waals surface area contributed by atoms with Crippen molar-refractivity contribution in [3.05, 3.63) is 29.3 Å². The van der Waals surface area contributed by atoms with Gasteiger partial charge >= 0.3 is 6.09 Å². The van der Waals surface area contributed by atoms with Crippen LogP contribution in [0.25, 0.3) is 0 Å². The van der Waals surface area contributed by atoms with E-state index in [0.717, 1.165) is 5.56 Å². The molecule has 0 unspecified atom stereocenters. The Bertz CT molecular complexity index is 567.